The van der Waals surface area contributed by atoms with E-state index < -0.39 is 0 Å². The zero-order valence-corrected chi connectivity index (χ0v) is 12.5. The lowest BCUT2D eigenvalue weighted by atomic mass is 10.2. The minimum Gasteiger partial charge on any atom is -0.496 e. The molecule has 0 saturated carbocycles. The molecule has 0 aliphatic carbocycles. The third kappa shape index (κ3) is 1.70. The van der Waals surface area contributed by atoms with Crippen molar-refractivity contribution < 1.29 is 9.15 Å². The number of fused-ring (bicyclic) bond motifs is 3. The third-order valence-electron chi connectivity index (χ3n) is 3.85. The fraction of sp³-hybridized carbons (Fsp3) is 0.188. The molecule has 0 atom stereocenters. The number of rotatable bonds is 2. The number of para-hydroxylation sites is 1. The number of benzene rings is 1. The van der Waals surface area contributed by atoms with Crippen LogP contribution in [0, 0.1) is 13.8 Å². The zero-order chi connectivity index (χ0) is 15.3. The van der Waals surface area contributed by atoms with Crippen LogP contribution in [0.1, 0.15) is 11.3 Å². The smallest absolute Gasteiger partial charge is 0.231 e. The molecule has 3 aromatic heterocycles. The lowest BCUT2D eigenvalue weighted by Gasteiger charge is -2.03. The van der Waals surface area contributed by atoms with Gasteiger partial charge < -0.3 is 9.15 Å². The first-order valence-electron chi connectivity index (χ1n) is 6.93. The van der Waals surface area contributed by atoms with Gasteiger partial charge in [0.05, 0.1) is 18.1 Å². The van der Waals surface area contributed by atoms with E-state index in [9.17, 15) is 0 Å². The number of hydrogen-bond acceptors (Lipinski definition) is 5. The van der Waals surface area contributed by atoms with E-state index in [0.717, 1.165) is 33.7 Å². The van der Waals surface area contributed by atoms with Gasteiger partial charge >= 0.3 is 0 Å². The second kappa shape index (κ2) is 4.56. The van der Waals surface area contributed by atoms with Crippen LogP contribution >= 0.6 is 0 Å². The van der Waals surface area contributed by atoms with Crippen LogP contribution < -0.4 is 4.74 Å². The summed E-state index contributed by atoms with van der Waals surface area (Å²) in [6.45, 7) is 3.92. The summed E-state index contributed by atoms with van der Waals surface area (Å²) < 4.78 is 12.7. The molecule has 3 heterocycles. The Kier molecular flexibility index (Phi) is 2.66. The van der Waals surface area contributed by atoms with Crippen LogP contribution in [0.4, 0.5) is 0 Å². The van der Waals surface area contributed by atoms with Crippen LogP contribution in [0.25, 0.3) is 28.1 Å². The highest BCUT2D eigenvalue weighted by atomic mass is 16.5. The second-order valence-corrected chi connectivity index (χ2v) is 5.11. The van der Waals surface area contributed by atoms with Gasteiger partial charge in [-0.1, -0.05) is 12.1 Å². The maximum atomic E-state index is 5.65. The molecule has 0 bridgehead atoms. The fourth-order valence-corrected chi connectivity index (χ4v) is 2.59. The molecule has 0 spiro atoms. The van der Waals surface area contributed by atoms with Crippen molar-refractivity contribution in [2.75, 3.05) is 7.11 Å². The molecule has 0 fully saturated rings. The van der Waals surface area contributed by atoms with Gasteiger partial charge in [0, 0.05) is 5.56 Å². The summed E-state index contributed by atoms with van der Waals surface area (Å²) in [7, 11) is 1.64. The molecular formula is C16H14N4O2. The van der Waals surface area contributed by atoms with Crippen molar-refractivity contribution in [2.24, 2.45) is 0 Å². The van der Waals surface area contributed by atoms with E-state index in [1.54, 1.807) is 18.0 Å². The molecule has 0 N–H and O–H groups in total. The predicted molar refractivity (Wildman–Crippen MR) is 82.0 cm³/mol. The molecule has 6 nitrogen and oxygen atoms in total. The van der Waals surface area contributed by atoms with Gasteiger partial charge in [-0.15, -0.1) is 5.10 Å². The maximum absolute atomic E-state index is 5.65. The highest BCUT2D eigenvalue weighted by molar-refractivity contribution is 5.92. The largest absolute Gasteiger partial charge is 0.496 e. The molecule has 0 amide bonds. The van der Waals surface area contributed by atoms with Gasteiger partial charge in [-0.25, -0.2) is 14.5 Å². The van der Waals surface area contributed by atoms with E-state index in [4.69, 9.17) is 9.15 Å². The molecule has 6 heteroatoms. The Labute approximate surface area is 126 Å². The average Bonchev–Trinajstić information content (AvgIpc) is 3.09. The maximum Gasteiger partial charge on any atom is 0.231 e. The van der Waals surface area contributed by atoms with E-state index in [1.165, 1.54) is 0 Å². The van der Waals surface area contributed by atoms with Crippen LogP contribution in [0.5, 0.6) is 5.75 Å². The van der Waals surface area contributed by atoms with Crippen molar-refractivity contribution in [2.45, 2.75) is 13.8 Å². The van der Waals surface area contributed by atoms with Crippen molar-refractivity contribution in [1.29, 1.82) is 0 Å². The highest BCUT2D eigenvalue weighted by Crippen LogP contribution is 2.30. The Morgan fingerprint density at radius 2 is 2.00 bits per heavy atom. The summed E-state index contributed by atoms with van der Waals surface area (Å²) >= 11 is 0. The minimum absolute atomic E-state index is 0.585. The van der Waals surface area contributed by atoms with Crippen LogP contribution in [-0.4, -0.2) is 26.7 Å². The molecule has 0 saturated heterocycles. The molecular weight excluding hydrogens is 280 g/mol. The normalized spacial score (nSPS) is 11.4. The Balaban J connectivity index is 2.03. The molecule has 0 unspecified atom stereocenters. The van der Waals surface area contributed by atoms with Gasteiger partial charge in [0.15, 0.2) is 11.5 Å². The van der Waals surface area contributed by atoms with Crippen molar-refractivity contribution >= 4 is 16.7 Å². The number of aryl methyl sites for hydroxylation is 2. The lowest BCUT2D eigenvalue weighted by Crippen LogP contribution is -1.91. The quantitative estimate of drug-likeness (QED) is 0.568. The summed E-state index contributed by atoms with van der Waals surface area (Å²) in [4.78, 5) is 8.97. The van der Waals surface area contributed by atoms with Crippen LogP contribution in [0.3, 0.4) is 0 Å². The van der Waals surface area contributed by atoms with E-state index in [0.29, 0.717) is 11.5 Å². The third-order valence-corrected chi connectivity index (χ3v) is 3.85. The Bertz CT molecular complexity index is 1000. The van der Waals surface area contributed by atoms with E-state index in [2.05, 4.69) is 15.1 Å². The van der Waals surface area contributed by atoms with Crippen molar-refractivity contribution in [3.63, 3.8) is 0 Å². The first-order chi connectivity index (χ1) is 10.7. The van der Waals surface area contributed by atoms with Crippen LogP contribution in [-0.2, 0) is 0 Å². The summed E-state index contributed by atoms with van der Waals surface area (Å²) in [5, 5.41) is 5.41. The Morgan fingerprint density at radius 3 is 2.82 bits per heavy atom. The SMILES string of the molecule is COc1ccccc1-c1nc2c3c(C)c(C)oc3ncn2n1. The molecule has 1 aromatic carbocycles. The summed E-state index contributed by atoms with van der Waals surface area (Å²) in [5.41, 5.74) is 3.20. The Hall–Kier alpha value is -2.89. The first-order valence-corrected chi connectivity index (χ1v) is 6.93. The van der Waals surface area contributed by atoms with Gasteiger partial charge in [0.1, 0.15) is 17.8 Å². The number of aromatic nitrogens is 4. The number of nitrogens with zero attached hydrogens (tertiary/aromatic N) is 4. The number of furan rings is 1. The average molecular weight is 294 g/mol. The topological polar surface area (TPSA) is 65.5 Å². The number of methoxy groups -OCH3 is 1. The van der Waals surface area contributed by atoms with Gasteiger partial charge in [-0.05, 0) is 26.0 Å². The van der Waals surface area contributed by atoms with Crippen molar-refractivity contribution in [1.82, 2.24) is 19.6 Å². The first kappa shape index (κ1) is 12.8. The molecule has 0 aliphatic heterocycles. The van der Waals surface area contributed by atoms with Crippen molar-refractivity contribution in [3.05, 3.63) is 41.9 Å². The molecule has 4 rings (SSSR count). The highest BCUT2D eigenvalue weighted by Gasteiger charge is 2.17. The van der Waals surface area contributed by atoms with Gasteiger partial charge in [0.25, 0.3) is 0 Å². The van der Waals surface area contributed by atoms with Crippen LogP contribution in [0.15, 0.2) is 35.0 Å². The van der Waals surface area contributed by atoms with Crippen molar-refractivity contribution in [3.8, 4) is 17.1 Å². The molecule has 4 aromatic rings. The van der Waals surface area contributed by atoms with Gasteiger partial charge in [-0.2, -0.15) is 0 Å². The summed E-state index contributed by atoms with van der Waals surface area (Å²) in [5.74, 6) is 2.19. The van der Waals surface area contributed by atoms with Crippen LogP contribution in [0.2, 0.25) is 0 Å². The lowest BCUT2D eigenvalue weighted by molar-refractivity contribution is 0.416. The second-order valence-electron chi connectivity index (χ2n) is 5.11. The molecule has 0 radical (unpaired) electrons. The molecule has 110 valence electrons. The molecule has 22 heavy (non-hydrogen) atoms. The fourth-order valence-electron chi connectivity index (χ4n) is 2.59. The number of ether oxygens (including phenoxy) is 1. The summed E-state index contributed by atoms with van der Waals surface area (Å²) in [6, 6.07) is 7.68. The minimum atomic E-state index is 0.585. The summed E-state index contributed by atoms with van der Waals surface area (Å²) in [6.07, 6.45) is 1.62. The van der Waals surface area contributed by atoms with E-state index >= 15 is 0 Å². The number of hydrogen-bond donors (Lipinski definition) is 0. The van der Waals surface area contributed by atoms with Gasteiger partial charge in [-0.3, -0.25) is 0 Å². The standard InChI is InChI=1S/C16H14N4O2/c1-9-10(2)22-16-13(9)15-18-14(19-20(15)8-17-16)11-6-4-5-7-12(11)21-3/h4-8H,1-3H3. The van der Waals surface area contributed by atoms with E-state index in [-0.39, 0.29) is 0 Å². The molecule has 0 aliphatic rings. The predicted octanol–water partition coefficient (Wildman–Crippen LogP) is 3.16. The zero-order valence-electron chi connectivity index (χ0n) is 12.5. The Morgan fingerprint density at radius 1 is 1.18 bits per heavy atom. The monoisotopic (exact) mass is 294 g/mol. The van der Waals surface area contributed by atoms with Gasteiger partial charge in [0.2, 0.25) is 5.71 Å². The van der Waals surface area contributed by atoms with E-state index in [1.807, 2.05) is 38.1 Å².